The molecule has 0 N–H and O–H groups in total. The van der Waals surface area contributed by atoms with Crippen molar-refractivity contribution in [3.05, 3.63) is 10.4 Å². The number of rotatable bonds is 2. The standard InChI is InChI=1S/C6H6NO3S/c1-2-10-6(9)5-7-4(8)3-11-5/h3H,2H2,1H3. The first-order valence-corrected chi connectivity index (χ1v) is 3.91. The number of nitrogens with zero attached hydrogens (tertiary/aromatic N) is 1. The zero-order chi connectivity index (χ0) is 8.27. The minimum absolute atomic E-state index is 0.122. The van der Waals surface area contributed by atoms with Gasteiger partial charge in [0.1, 0.15) is 0 Å². The Hall–Kier alpha value is -1.10. The van der Waals surface area contributed by atoms with E-state index >= 15 is 0 Å². The van der Waals surface area contributed by atoms with Crippen molar-refractivity contribution in [3.8, 4) is 5.88 Å². The van der Waals surface area contributed by atoms with E-state index in [-0.39, 0.29) is 5.01 Å². The fourth-order valence-electron chi connectivity index (χ4n) is 0.546. The van der Waals surface area contributed by atoms with Crippen LogP contribution in [0.15, 0.2) is 5.38 Å². The molecule has 0 aliphatic carbocycles. The summed E-state index contributed by atoms with van der Waals surface area (Å²) >= 11 is 0.999. The number of ether oxygens (including phenoxy) is 1. The number of esters is 1. The Morgan fingerprint density at radius 1 is 1.82 bits per heavy atom. The lowest BCUT2D eigenvalue weighted by atomic mass is 10.7. The van der Waals surface area contributed by atoms with Crippen LogP contribution in [0.2, 0.25) is 0 Å². The summed E-state index contributed by atoms with van der Waals surface area (Å²) in [6.45, 7) is 2.00. The molecule has 1 heterocycles. The molecule has 0 aromatic carbocycles. The molecule has 0 saturated heterocycles. The molecule has 0 atom stereocenters. The maximum atomic E-state index is 10.8. The molecule has 0 bridgehead atoms. The molecular weight excluding hydrogens is 166 g/mol. The summed E-state index contributed by atoms with van der Waals surface area (Å²) in [5, 5.41) is 11.9. The van der Waals surface area contributed by atoms with E-state index in [9.17, 15) is 9.90 Å². The lowest BCUT2D eigenvalue weighted by Gasteiger charge is -1.94. The van der Waals surface area contributed by atoms with Gasteiger partial charge in [0.15, 0.2) is 0 Å². The van der Waals surface area contributed by atoms with E-state index in [4.69, 9.17) is 0 Å². The van der Waals surface area contributed by atoms with Crippen LogP contribution in [0.5, 0.6) is 5.88 Å². The van der Waals surface area contributed by atoms with E-state index < -0.39 is 11.8 Å². The summed E-state index contributed by atoms with van der Waals surface area (Å²) in [7, 11) is 0. The molecule has 1 aromatic heterocycles. The molecule has 0 aliphatic rings. The van der Waals surface area contributed by atoms with Gasteiger partial charge in [0.2, 0.25) is 5.01 Å². The molecule has 0 fully saturated rings. The van der Waals surface area contributed by atoms with Crippen molar-refractivity contribution in [2.45, 2.75) is 6.92 Å². The number of carbonyl (C=O) groups is 1. The van der Waals surface area contributed by atoms with Crippen molar-refractivity contribution in [1.82, 2.24) is 4.98 Å². The number of carbonyl (C=O) groups excluding carboxylic acids is 1. The average Bonchev–Trinajstić information content (AvgIpc) is 2.36. The van der Waals surface area contributed by atoms with Gasteiger partial charge < -0.3 is 4.74 Å². The van der Waals surface area contributed by atoms with Crippen LogP contribution in [-0.4, -0.2) is 17.6 Å². The van der Waals surface area contributed by atoms with E-state index in [0.29, 0.717) is 6.61 Å². The topological polar surface area (TPSA) is 59.1 Å². The zero-order valence-corrected chi connectivity index (χ0v) is 6.68. The Kier molecular flexibility index (Phi) is 2.43. The molecule has 59 valence electrons. The van der Waals surface area contributed by atoms with Crippen LogP contribution in [-0.2, 0) is 9.84 Å². The molecule has 1 rings (SSSR count). The summed E-state index contributed by atoms with van der Waals surface area (Å²) in [5.41, 5.74) is 0. The predicted octanol–water partition coefficient (Wildman–Crippen LogP) is 1.46. The van der Waals surface area contributed by atoms with Crippen LogP contribution in [0.4, 0.5) is 0 Å². The second-order valence-electron chi connectivity index (χ2n) is 1.71. The fraction of sp³-hybridized carbons (Fsp3) is 0.333. The highest BCUT2D eigenvalue weighted by atomic mass is 32.1. The number of aromatic nitrogens is 1. The van der Waals surface area contributed by atoms with Crippen LogP contribution in [0.3, 0.4) is 0 Å². The largest absolute Gasteiger partial charge is 0.461 e. The monoisotopic (exact) mass is 172 g/mol. The summed E-state index contributed by atoms with van der Waals surface area (Å²) in [6, 6.07) is 0. The maximum absolute atomic E-state index is 10.8. The molecule has 4 nitrogen and oxygen atoms in total. The Labute approximate surface area is 67.5 Å². The van der Waals surface area contributed by atoms with Crippen LogP contribution < -0.4 is 0 Å². The van der Waals surface area contributed by atoms with Crippen molar-refractivity contribution in [2.75, 3.05) is 6.61 Å². The number of hydrogen-bond acceptors (Lipinski definition) is 4. The predicted molar refractivity (Wildman–Crippen MR) is 38.2 cm³/mol. The van der Waals surface area contributed by atoms with E-state index in [1.807, 2.05) is 0 Å². The van der Waals surface area contributed by atoms with Gasteiger partial charge in [-0.25, -0.2) is 4.79 Å². The quantitative estimate of drug-likeness (QED) is 0.634. The van der Waals surface area contributed by atoms with Gasteiger partial charge >= 0.3 is 5.97 Å². The molecule has 0 spiro atoms. The molecule has 1 radical (unpaired) electrons. The lowest BCUT2D eigenvalue weighted by Crippen LogP contribution is -2.03. The first kappa shape index (κ1) is 8.00. The molecule has 1 aromatic rings. The van der Waals surface area contributed by atoms with E-state index in [1.165, 1.54) is 5.38 Å². The van der Waals surface area contributed by atoms with Crippen molar-refractivity contribution in [2.24, 2.45) is 0 Å². The normalized spacial score (nSPS) is 9.55. The van der Waals surface area contributed by atoms with Crippen molar-refractivity contribution >= 4 is 17.3 Å². The van der Waals surface area contributed by atoms with E-state index in [2.05, 4.69) is 9.72 Å². The highest BCUT2D eigenvalue weighted by Crippen LogP contribution is 2.15. The van der Waals surface area contributed by atoms with E-state index in [1.54, 1.807) is 6.92 Å². The summed E-state index contributed by atoms with van der Waals surface area (Å²) in [5.74, 6) is -0.919. The van der Waals surface area contributed by atoms with Gasteiger partial charge in [0, 0.05) is 0 Å². The van der Waals surface area contributed by atoms with Gasteiger partial charge in [-0.15, -0.1) is 11.3 Å². The SMILES string of the molecule is CCOC(=O)c1nc([O])cs1. The number of thiazole rings is 1. The first-order valence-electron chi connectivity index (χ1n) is 3.03. The van der Waals surface area contributed by atoms with E-state index in [0.717, 1.165) is 11.3 Å². The van der Waals surface area contributed by atoms with Gasteiger partial charge in [-0.05, 0) is 6.92 Å². The third-order valence-electron chi connectivity index (χ3n) is 0.933. The molecule has 0 aliphatic heterocycles. The summed E-state index contributed by atoms with van der Waals surface area (Å²) < 4.78 is 4.61. The molecule has 0 unspecified atom stereocenters. The summed E-state index contributed by atoms with van der Waals surface area (Å²) in [6.07, 6.45) is 0. The molecule has 0 saturated carbocycles. The minimum atomic E-state index is -0.528. The highest BCUT2D eigenvalue weighted by molar-refractivity contribution is 7.11. The maximum Gasteiger partial charge on any atom is 0.367 e. The third-order valence-corrected chi connectivity index (χ3v) is 1.73. The third kappa shape index (κ3) is 1.91. The molecule has 5 heteroatoms. The molecule has 11 heavy (non-hydrogen) atoms. The van der Waals surface area contributed by atoms with Gasteiger partial charge in [0.05, 0.1) is 12.0 Å². The lowest BCUT2D eigenvalue weighted by molar-refractivity contribution is 0.0524. The van der Waals surface area contributed by atoms with Gasteiger partial charge in [-0.2, -0.15) is 4.98 Å². The Balaban J connectivity index is 2.69. The van der Waals surface area contributed by atoms with Crippen molar-refractivity contribution in [3.63, 3.8) is 0 Å². The fourth-order valence-corrected chi connectivity index (χ4v) is 1.11. The molecule has 0 amide bonds. The second-order valence-corrected chi connectivity index (χ2v) is 2.57. The average molecular weight is 172 g/mol. The smallest absolute Gasteiger partial charge is 0.367 e. The Morgan fingerprint density at radius 3 is 3.00 bits per heavy atom. The van der Waals surface area contributed by atoms with Crippen LogP contribution in [0.1, 0.15) is 16.7 Å². The van der Waals surface area contributed by atoms with Gasteiger partial charge in [-0.3, -0.25) is 5.11 Å². The summed E-state index contributed by atoms with van der Waals surface area (Å²) in [4.78, 5) is 14.3. The van der Waals surface area contributed by atoms with Crippen molar-refractivity contribution in [1.29, 1.82) is 0 Å². The molecular formula is C6H6NO3S. The van der Waals surface area contributed by atoms with Crippen LogP contribution >= 0.6 is 11.3 Å². The van der Waals surface area contributed by atoms with Gasteiger partial charge in [-0.1, -0.05) is 0 Å². The first-order chi connectivity index (χ1) is 5.24. The minimum Gasteiger partial charge on any atom is -0.461 e. The second kappa shape index (κ2) is 3.34. The number of hydrogen-bond donors (Lipinski definition) is 0. The zero-order valence-electron chi connectivity index (χ0n) is 5.86. The highest BCUT2D eigenvalue weighted by Gasteiger charge is 2.11. The van der Waals surface area contributed by atoms with Crippen molar-refractivity contribution < 1.29 is 14.6 Å². The van der Waals surface area contributed by atoms with Gasteiger partial charge in [0.25, 0.3) is 5.88 Å². The Morgan fingerprint density at radius 2 is 2.55 bits per heavy atom. The Bertz CT molecular complexity index is 258. The van der Waals surface area contributed by atoms with Crippen LogP contribution in [0.25, 0.3) is 0 Å². The van der Waals surface area contributed by atoms with Crippen LogP contribution in [0, 0.1) is 0 Å².